The molecule has 2 aliphatic rings. The van der Waals surface area contributed by atoms with Gasteiger partial charge in [0.1, 0.15) is 58.1 Å². The van der Waals surface area contributed by atoms with Crippen molar-refractivity contribution >= 4 is 78.5 Å². The minimum absolute atomic E-state index is 0.0881. The lowest BCUT2D eigenvalue weighted by atomic mass is 9.80. The van der Waals surface area contributed by atoms with Crippen molar-refractivity contribution in [2.24, 2.45) is 11.8 Å². The van der Waals surface area contributed by atoms with Crippen molar-refractivity contribution in [2.45, 2.75) is 135 Å². The van der Waals surface area contributed by atoms with E-state index in [0.717, 1.165) is 54.3 Å². The highest BCUT2D eigenvalue weighted by Crippen LogP contribution is 2.58. The molecule has 2 aliphatic heterocycles. The zero-order valence-corrected chi connectivity index (χ0v) is 52.8. The largest absolute Gasteiger partial charge is 0.457 e. The first kappa shape index (κ1) is 60.4. The van der Waals surface area contributed by atoms with E-state index in [0.29, 0.717) is 81.2 Å². The zero-order chi connectivity index (χ0) is 62.9. The molecule has 11 rings (SSSR count). The molecule has 0 fully saturated rings. The maximum Gasteiger partial charge on any atom is 0.262 e. The van der Waals surface area contributed by atoms with Crippen LogP contribution in [0.1, 0.15) is 153 Å². The Balaban J connectivity index is 1.39. The molecule has 0 radical (unpaired) electrons. The van der Waals surface area contributed by atoms with Gasteiger partial charge in [-0.2, -0.15) is 0 Å². The minimum Gasteiger partial charge on any atom is -0.457 e. The predicted molar refractivity (Wildman–Crippen MR) is 346 cm³/mol. The molecule has 6 amide bonds. The number of carbonyl (C=O) groups excluding carboxylic acids is 6. The summed E-state index contributed by atoms with van der Waals surface area (Å²) in [7, 11) is 0. The Morgan fingerprint density at radius 3 is 0.784 bits per heavy atom. The van der Waals surface area contributed by atoms with E-state index in [9.17, 15) is 9.59 Å². The van der Waals surface area contributed by atoms with Crippen molar-refractivity contribution in [1.82, 2.24) is 20.4 Å². The van der Waals surface area contributed by atoms with Crippen molar-refractivity contribution in [2.75, 3.05) is 13.1 Å². The number of fused-ring (bicyclic) bond motifs is 2. The highest BCUT2D eigenvalue weighted by atomic mass is 16.5. The molecule has 88 heavy (non-hydrogen) atoms. The molecule has 14 nitrogen and oxygen atoms in total. The van der Waals surface area contributed by atoms with Crippen LogP contribution in [0.25, 0.3) is 43.1 Å². The van der Waals surface area contributed by atoms with Crippen LogP contribution in [-0.4, -0.2) is 70.4 Å². The third kappa shape index (κ3) is 11.1. The lowest BCUT2D eigenvalue weighted by molar-refractivity contribution is -0.126. The van der Waals surface area contributed by atoms with Gasteiger partial charge in [-0.05, 0) is 210 Å². The Morgan fingerprint density at radius 2 is 0.580 bits per heavy atom. The first-order valence-corrected chi connectivity index (χ1v) is 30.6. The fourth-order valence-electron chi connectivity index (χ4n) is 13.2. The SMILES string of the molecule is CCCNC(=O)C(CC(C)C)N1C(=O)c2cc(Oc3cc(C)cc(C)c3)c3c4c(Oc5cc(C)cc(C)c5)cc5c6c(cc(Oc7cc(C)cc(C)c7)c(c7c(Oc8cc(C)cc(C)c8)cc(c2c37)C1=O)c64)C(=O)N(C(CC(C)C)C(=O)NCCC)C5=O. The molecular weight excluding hydrogens is 1100 g/mol. The van der Waals surface area contributed by atoms with E-state index in [1.807, 2.05) is 170 Å². The predicted octanol–water partition coefficient (Wildman–Crippen LogP) is 16.4. The number of amides is 6. The summed E-state index contributed by atoms with van der Waals surface area (Å²) in [6.07, 6.45) is 1.61. The van der Waals surface area contributed by atoms with Crippen molar-refractivity contribution in [3.8, 4) is 46.0 Å². The third-order valence-electron chi connectivity index (χ3n) is 16.4. The van der Waals surface area contributed by atoms with E-state index in [2.05, 4.69) is 10.6 Å². The van der Waals surface area contributed by atoms with Crippen LogP contribution in [0.3, 0.4) is 0 Å². The Kier molecular flexibility index (Phi) is 16.3. The van der Waals surface area contributed by atoms with Crippen LogP contribution in [0.15, 0.2) is 97.1 Å². The van der Waals surface area contributed by atoms with Gasteiger partial charge in [0.2, 0.25) is 11.8 Å². The second-order valence-corrected chi connectivity index (χ2v) is 25.2. The number of hydrogen-bond donors (Lipinski definition) is 2. The van der Waals surface area contributed by atoms with E-state index in [-0.39, 0.29) is 80.7 Å². The quantitative estimate of drug-likeness (QED) is 0.0425. The van der Waals surface area contributed by atoms with Gasteiger partial charge in [-0.3, -0.25) is 38.6 Å². The van der Waals surface area contributed by atoms with E-state index < -0.39 is 47.5 Å². The normalized spacial score (nSPS) is 13.9. The fraction of sp³-hybridized carbons (Fsp3) is 0.324. The Labute approximate surface area is 513 Å². The number of aryl methyl sites for hydroxylation is 8. The molecular formula is C74H76N4O10. The number of imide groups is 2. The number of nitrogens with zero attached hydrogens (tertiary/aromatic N) is 2. The van der Waals surface area contributed by atoms with Crippen LogP contribution in [-0.2, 0) is 9.59 Å². The number of rotatable bonds is 20. The number of nitrogens with one attached hydrogen (secondary N) is 2. The maximum atomic E-state index is 16.0. The monoisotopic (exact) mass is 1180 g/mol. The molecule has 2 atom stereocenters. The first-order chi connectivity index (χ1) is 41.9. The molecule has 0 aromatic heterocycles. The van der Waals surface area contributed by atoms with Crippen molar-refractivity contribution < 1.29 is 47.7 Å². The summed E-state index contributed by atoms with van der Waals surface area (Å²) in [5.74, 6) is -1.59. The zero-order valence-electron chi connectivity index (χ0n) is 52.8. The number of carbonyl (C=O) groups is 6. The van der Waals surface area contributed by atoms with Crippen molar-refractivity contribution in [3.63, 3.8) is 0 Å². The summed E-state index contributed by atoms with van der Waals surface area (Å²) in [6.45, 7) is 28.0. The molecule has 9 aromatic carbocycles. The highest BCUT2D eigenvalue weighted by molar-refractivity contribution is 6.45. The van der Waals surface area contributed by atoms with E-state index in [4.69, 9.17) is 18.9 Å². The second kappa shape index (κ2) is 23.8. The minimum atomic E-state index is -1.20. The summed E-state index contributed by atoms with van der Waals surface area (Å²) in [6, 6.07) is 27.4. The van der Waals surface area contributed by atoms with Crippen LogP contribution in [0, 0.1) is 67.2 Å². The Bertz CT molecular complexity index is 3810. The number of benzene rings is 9. The first-order valence-electron chi connectivity index (χ1n) is 30.6. The Morgan fingerprint density at radius 1 is 0.352 bits per heavy atom. The third-order valence-corrected chi connectivity index (χ3v) is 16.4. The fourth-order valence-corrected chi connectivity index (χ4v) is 13.2. The lowest BCUT2D eigenvalue weighted by Gasteiger charge is -2.36. The molecule has 9 aromatic rings. The van der Waals surface area contributed by atoms with Gasteiger partial charge in [-0.15, -0.1) is 0 Å². The molecule has 0 spiro atoms. The number of ether oxygens (including phenoxy) is 4. The van der Waals surface area contributed by atoms with E-state index in [1.165, 1.54) is 0 Å². The standard InChI is InChI=1S/C74H76N4O10/c1-15-17-75-69(79)55(19-37(3)4)77-71(81)51-33-57(85-47-25-39(7)21-40(8)26-47)63-65-59(87-49-29-43(11)23-44(12)30-49)35-53-62-54(74(84)78(73(53)83)56(20-38(5)6)70(80)76-18-16-2)36-60(88-50-31-45(13)24-46(14)32-50)66(68(62)65)64-58(34-52(72(77)82)61(51)67(63)64)86-48-27-41(9)22-42(10)28-48/h21-38,55-56H,15-20H2,1-14H3,(H,75,79)(H,76,80). The summed E-state index contributed by atoms with van der Waals surface area (Å²) >= 11 is 0. The van der Waals surface area contributed by atoms with Crippen LogP contribution in [0.5, 0.6) is 46.0 Å². The number of hydrogen-bond acceptors (Lipinski definition) is 10. The summed E-state index contributed by atoms with van der Waals surface area (Å²) in [5.41, 5.74) is 7.55. The molecule has 0 bridgehead atoms. The van der Waals surface area contributed by atoms with Crippen LogP contribution < -0.4 is 29.6 Å². The summed E-state index contributed by atoms with van der Waals surface area (Å²) in [5, 5.41) is 8.64. The summed E-state index contributed by atoms with van der Waals surface area (Å²) < 4.78 is 29.1. The van der Waals surface area contributed by atoms with E-state index in [1.54, 1.807) is 24.3 Å². The molecule has 0 aliphatic carbocycles. The maximum absolute atomic E-state index is 16.0. The van der Waals surface area contributed by atoms with Gasteiger partial charge in [-0.25, -0.2) is 0 Å². The van der Waals surface area contributed by atoms with Crippen LogP contribution >= 0.6 is 0 Å². The molecule has 2 N–H and O–H groups in total. The van der Waals surface area contributed by atoms with Gasteiger partial charge in [-0.1, -0.05) is 65.8 Å². The van der Waals surface area contributed by atoms with Gasteiger partial charge < -0.3 is 29.6 Å². The van der Waals surface area contributed by atoms with Gasteiger partial charge in [0.15, 0.2) is 0 Å². The molecule has 0 saturated carbocycles. The average molecular weight is 1180 g/mol. The van der Waals surface area contributed by atoms with Gasteiger partial charge in [0.05, 0.1) is 22.3 Å². The molecule has 2 unspecified atom stereocenters. The van der Waals surface area contributed by atoms with Crippen LogP contribution in [0.4, 0.5) is 0 Å². The summed E-state index contributed by atoms with van der Waals surface area (Å²) in [4.78, 5) is 95.3. The highest BCUT2D eigenvalue weighted by Gasteiger charge is 2.46. The second-order valence-electron chi connectivity index (χ2n) is 25.2. The van der Waals surface area contributed by atoms with Gasteiger partial charge in [0, 0.05) is 56.2 Å². The average Bonchev–Trinajstić information content (AvgIpc) is 0.675. The van der Waals surface area contributed by atoms with Crippen LogP contribution in [0.2, 0.25) is 0 Å². The molecule has 2 heterocycles. The molecule has 452 valence electrons. The van der Waals surface area contributed by atoms with E-state index >= 15 is 19.2 Å². The lowest BCUT2D eigenvalue weighted by Crippen LogP contribution is -2.54. The Hall–Kier alpha value is -9.30. The van der Waals surface area contributed by atoms with Gasteiger partial charge in [0.25, 0.3) is 23.6 Å². The topological polar surface area (TPSA) is 170 Å². The smallest absolute Gasteiger partial charge is 0.262 e. The van der Waals surface area contributed by atoms with Crippen molar-refractivity contribution in [1.29, 1.82) is 0 Å². The van der Waals surface area contributed by atoms with Crippen molar-refractivity contribution in [3.05, 3.63) is 164 Å². The van der Waals surface area contributed by atoms with Gasteiger partial charge >= 0.3 is 0 Å². The molecule has 0 saturated heterocycles. The molecule has 14 heteroatoms.